The molecule has 3 aromatic rings. The maximum atomic E-state index is 14.1. The fourth-order valence-corrected chi connectivity index (χ4v) is 3.35. The molecule has 0 saturated heterocycles. The summed E-state index contributed by atoms with van der Waals surface area (Å²) in [4.78, 5) is 20.1. The zero-order valence-electron chi connectivity index (χ0n) is 14.7. The summed E-state index contributed by atoms with van der Waals surface area (Å²) in [5, 5.41) is 3.06. The highest BCUT2D eigenvalue weighted by Gasteiger charge is 2.28. The van der Waals surface area contributed by atoms with Crippen LogP contribution in [0.1, 0.15) is 29.9 Å². The molecule has 1 aliphatic rings. The summed E-state index contributed by atoms with van der Waals surface area (Å²) >= 11 is 0. The summed E-state index contributed by atoms with van der Waals surface area (Å²) in [6.45, 7) is 4.20. The van der Waals surface area contributed by atoms with Crippen molar-refractivity contribution in [1.29, 1.82) is 0 Å². The molecule has 26 heavy (non-hydrogen) atoms. The first-order chi connectivity index (χ1) is 12.5. The van der Waals surface area contributed by atoms with Gasteiger partial charge in [0.15, 0.2) is 0 Å². The molecule has 3 heterocycles. The molecule has 0 aliphatic carbocycles. The topological polar surface area (TPSA) is 57.8 Å². The number of rotatable bonds is 3. The molecule has 0 fully saturated rings. The van der Waals surface area contributed by atoms with Gasteiger partial charge in [-0.3, -0.25) is 9.78 Å². The Balaban J connectivity index is 1.72. The number of fused-ring (bicyclic) bond motifs is 1. The summed E-state index contributed by atoms with van der Waals surface area (Å²) in [5.74, 6) is 0.0188. The molecule has 1 atom stereocenters. The summed E-state index contributed by atoms with van der Waals surface area (Å²) < 4.78 is 14.1. The highest BCUT2D eigenvalue weighted by molar-refractivity contribution is 5.98. The largest absolute Gasteiger partial charge is 0.358 e. The maximum Gasteiger partial charge on any atom is 0.253 e. The van der Waals surface area contributed by atoms with Crippen LogP contribution in [0, 0.1) is 11.7 Å². The number of amides is 1. The maximum absolute atomic E-state index is 14.1. The predicted molar refractivity (Wildman–Crippen MR) is 99.2 cm³/mol. The van der Waals surface area contributed by atoms with Crippen molar-refractivity contribution in [2.75, 3.05) is 0 Å². The van der Waals surface area contributed by atoms with Crippen LogP contribution in [0.15, 0.2) is 48.7 Å². The van der Waals surface area contributed by atoms with E-state index in [9.17, 15) is 9.18 Å². The second-order valence-corrected chi connectivity index (χ2v) is 7.01. The molecule has 5 heteroatoms. The van der Waals surface area contributed by atoms with E-state index in [0.717, 1.165) is 23.4 Å². The molecular formula is C21H20FN3O. The van der Waals surface area contributed by atoms with Crippen molar-refractivity contribution in [2.45, 2.75) is 26.3 Å². The number of benzene rings is 1. The third-order valence-electron chi connectivity index (χ3n) is 4.91. The van der Waals surface area contributed by atoms with Crippen molar-refractivity contribution < 1.29 is 9.18 Å². The van der Waals surface area contributed by atoms with Crippen LogP contribution in [0.25, 0.3) is 22.5 Å². The van der Waals surface area contributed by atoms with E-state index in [4.69, 9.17) is 0 Å². The van der Waals surface area contributed by atoms with Gasteiger partial charge in [-0.05, 0) is 36.2 Å². The first kappa shape index (κ1) is 16.5. The third-order valence-corrected chi connectivity index (χ3v) is 4.91. The second-order valence-electron chi connectivity index (χ2n) is 7.01. The molecule has 0 saturated carbocycles. The van der Waals surface area contributed by atoms with Gasteiger partial charge in [-0.1, -0.05) is 26.0 Å². The molecule has 132 valence electrons. The van der Waals surface area contributed by atoms with E-state index in [1.54, 1.807) is 24.4 Å². The van der Waals surface area contributed by atoms with Gasteiger partial charge in [0.1, 0.15) is 5.82 Å². The number of pyridine rings is 1. The van der Waals surface area contributed by atoms with Crippen LogP contribution < -0.4 is 5.32 Å². The number of hydrogen-bond acceptors (Lipinski definition) is 2. The molecule has 4 nitrogen and oxygen atoms in total. The average Bonchev–Trinajstić information content (AvgIpc) is 3.07. The summed E-state index contributed by atoms with van der Waals surface area (Å²) in [6.07, 6.45) is 2.44. The summed E-state index contributed by atoms with van der Waals surface area (Å²) in [6, 6.07) is 12.3. The van der Waals surface area contributed by atoms with E-state index in [2.05, 4.69) is 29.1 Å². The molecule has 0 radical (unpaired) electrons. The van der Waals surface area contributed by atoms with Crippen LogP contribution in [-0.4, -0.2) is 21.9 Å². The standard InChI is InChI=1S/C21H20FN3O/c1-12(2)17-11-20-15(21(26)25-17)10-18(24-20)13-7-8-23-19(9-13)14-5-3-4-6-16(14)22/h3-10,12,17,24H,11H2,1-2H3,(H,25,26). The highest BCUT2D eigenvalue weighted by Crippen LogP contribution is 2.29. The number of aromatic nitrogens is 2. The Labute approximate surface area is 151 Å². The van der Waals surface area contributed by atoms with E-state index in [0.29, 0.717) is 22.7 Å². The van der Waals surface area contributed by atoms with E-state index < -0.39 is 0 Å². The number of carbonyl (C=O) groups excluding carboxylic acids is 1. The normalized spacial score (nSPS) is 16.5. The number of hydrogen-bond donors (Lipinski definition) is 2. The molecule has 1 aliphatic heterocycles. The summed E-state index contributed by atoms with van der Waals surface area (Å²) in [7, 11) is 0. The minimum Gasteiger partial charge on any atom is -0.358 e. The Bertz CT molecular complexity index is 977. The van der Waals surface area contributed by atoms with E-state index in [1.807, 2.05) is 18.2 Å². The van der Waals surface area contributed by atoms with E-state index >= 15 is 0 Å². The SMILES string of the molecule is CC(C)C1Cc2[nH]c(-c3ccnc(-c4ccccc4F)c3)cc2C(=O)N1. The van der Waals surface area contributed by atoms with Gasteiger partial charge in [0.05, 0.1) is 11.3 Å². The fourth-order valence-electron chi connectivity index (χ4n) is 3.35. The number of nitrogens with zero attached hydrogens (tertiary/aromatic N) is 1. The Morgan fingerprint density at radius 3 is 2.73 bits per heavy atom. The Kier molecular flexibility index (Phi) is 4.07. The number of aromatic amines is 1. The van der Waals surface area contributed by atoms with Gasteiger partial charge in [-0.25, -0.2) is 4.39 Å². The molecule has 1 amide bonds. The summed E-state index contributed by atoms with van der Waals surface area (Å²) in [5.41, 5.74) is 4.38. The first-order valence-corrected chi connectivity index (χ1v) is 8.77. The smallest absolute Gasteiger partial charge is 0.253 e. The quantitative estimate of drug-likeness (QED) is 0.745. The van der Waals surface area contributed by atoms with Gasteiger partial charge in [-0.15, -0.1) is 0 Å². The predicted octanol–water partition coefficient (Wildman–Crippen LogP) is 4.19. The zero-order valence-corrected chi connectivity index (χ0v) is 14.7. The van der Waals surface area contributed by atoms with Crippen LogP contribution in [0.5, 0.6) is 0 Å². The van der Waals surface area contributed by atoms with Gasteiger partial charge in [0, 0.05) is 41.2 Å². The lowest BCUT2D eigenvalue weighted by Crippen LogP contribution is -2.44. The third kappa shape index (κ3) is 2.90. The van der Waals surface area contributed by atoms with Crippen molar-refractivity contribution in [3.8, 4) is 22.5 Å². The van der Waals surface area contributed by atoms with Crippen LogP contribution in [0.4, 0.5) is 4.39 Å². The van der Waals surface area contributed by atoms with Crippen molar-refractivity contribution in [3.63, 3.8) is 0 Å². The first-order valence-electron chi connectivity index (χ1n) is 8.77. The highest BCUT2D eigenvalue weighted by atomic mass is 19.1. The molecular weight excluding hydrogens is 329 g/mol. The minimum atomic E-state index is -0.304. The number of carbonyl (C=O) groups is 1. The monoisotopic (exact) mass is 349 g/mol. The number of nitrogens with one attached hydrogen (secondary N) is 2. The molecule has 1 aromatic carbocycles. The van der Waals surface area contributed by atoms with Gasteiger partial charge in [0.2, 0.25) is 0 Å². The van der Waals surface area contributed by atoms with Crippen molar-refractivity contribution in [2.24, 2.45) is 5.92 Å². The van der Waals surface area contributed by atoms with Crippen LogP contribution in [0.3, 0.4) is 0 Å². The molecule has 4 rings (SSSR count). The van der Waals surface area contributed by atoms with Crippen LogP contribution in [0.2, 0.25) is 0 Å². The number of H-pyrrole nitrogens is 1. The van der Waals surface area contributed by atoms with E-state index in [1.165, 1.54) is 6.07 Å². The Morgan fingerprint density at radius 2 is 1.96 bits per heavy atom. The Hall–Kier alpha value is -2.95. The van der Waals surface area contributed by atoms with Gasteiger partial charge >= 0.3 is 0 Å². The van der Waals surface area contributed by atoms with Gasteiger partial charge in [-0.2, -0.15) is 0 Å². The van der Waals surface area contributed by atoms with Crippen LogP contribution >= 0.6 is 0 Å². The average molecular weight is 349 g/mol. The molecule has 0 bridgehead atoms. The molecule has 1 unspecified atom stereocenters. The number of halogens is 1. The van der Waals surface area contributed by atoms with Gasteiger partial charge in [0.25, 0.3) is 5.91 Å². The second kappa shape index (κ2) is 6.41. The Morgan fingerprint density at radius 1 is 1.15 bits per heavy atom. The van der Waals surface area contributed by atoms with Crippen molar-refractivity contribution in [1.82, 2.24) is 15.3 Å². The zero-order chi connectivity index (χ0) is 18.3. The lowest BCUT2D eigenvalue weighted by atomic mass is 9.94. The minimum absolute atomic E-state index is 0.0455. The molecule has 2 aromatic heterocycles. The molecule has 2 N–H and O–H groups in total. The van der Waals surface area contributed by atoms with Crippen molar-refractivity contribution >= 4 is 5.91 Å². The lowest BCUT2D eigenvalue weighted by Gasteiger charge is -2.26. The van der Waals surface area contributed by atoms with Crippen molar-refractivity contribution in [3.05, 3.63) is 65.7 Å². The fraction of sp³-hybridized carbons (Fsp3) is 0.238. The van der Waals surface area contributed by atoms with Crippen LogP contribution in [-0.2, 0) is 6.42 Å². The lowest BCUT2D eigenvalue weighted by molar-refractivity contribution is 0.0912. The molecule has 0 spiro atoms. The van der Waals surface area contributed by atoms with E-state index in [-0.39, 0.29) is 17.8 Å². The van der Waals surface area contributed by atoms with Gasteiger partial charge < -0.3 is 10.3 Å².